The van der Waals surface area contributed by atoms with Crippen molar-refractivity contribution in [2.45, 2.75) is 45.5 Å². The molecule has 0 aliphatic carbocycles. The van der Waals surface area contributed by atoms with Gasteiger partial charge in [0.1, 0.15) is 0 Å². The zero-order valence-corrected chi connectivity index (χ0v) is 16.1. The minimum Gasteiger partial charge on any atom is -0.456 e. The molecule has 0 N–H and O–H groups in total. The van der Waals surface area contributed by atoms with Gasteiger partial charge in [-0.25, -0.2) is 0 Å². The largest absolute Gasteiger partial charge is 0.456 e. The zero-order valence-electron chi connectivity index (χ0n) is 13.2. The summed E-state index contributed by atoms with van der Waals surface area (Å²) in [6.07, 6.45) is -6.65. The first kappa shape index (κ1) is 21.8. The molecule has 0 saturated heterocycles. The number of alkyl halides is 3. The van der Waals surface area contributed by atoms with E-state index in [-0.39, 0.29) is 0 Å². The molecule has 12 heteroatoms. The fourth-order valence-corrected chi connectivity index (χ4v) is 9.07. The van der Waals surface area contributed by atoms with Crippen LogP contribution in [-0.4, -0.2) is 29.2 Å². The molecule has 0 amide bonds. The Morgan fingerprint density at radius 3 is 1.59 bits per heavy atom. The molecule has 0 bridgehead atoms. The SMILES string of the molecule is C[Si](C)(C)OP(=O)(CO/C(F)=C(/F)C(F)(F)F)O[Si](C)(C)C. The van der Waals surface area contributed by atoms with Gasteiger partial charge in [0, 0.05) is 0 Å². The molecule has 0 fully saturated rings. The summed E-state index contributed by atoms with van der Waals surface area (Å²) in [4.78, 5) is 0. The Morgan fingerprint density at radius 2 is 1.32 bits per heavy atom. The van der Waals surface area contributed by atoms with Crippen molar-refractivity contribution in [2.75, 3.05) is 6.35 Å². The van der Waals surface area contributed by atoms with Gasteiger partial charge in [0.05, 0.1) is 0 Å². The smallest absolute Gasteiger partial charge is 0.449 e. The van der Waals surface area contributed by atoms with Crippen LogP contribution in [-0.2, 0) is 17.7 Å². The molecule has 0 aromatic rings. The van der Waals surface area contributed by atoms with E-state index >= 15 is 0 Å². The first-order valence-electron chi connectivity index (χ1n) is 6.21. The average Bonchev–Trinajstić information content (AvgIpc) is 2.18. The number of hydrogen-bond donors (Lipinski definition) is 0. The fraction of sp³-hybridized carbons (Fsp3) is 0.800. The summed E-state index contributed by atoms with van der Waals surface area (Å²) in [5.74, 6) is -3.03. The Kier molecular flexibility index (Phi) is 7.05. The van der Waals surface area contributed by atoms with Crippen LogP contribution in [0.5, 0.6) is 0 Å². The van der Waals surface area contributed by atoms with Gasteiger partial charge in [-0.1, -0.05) is 0 Å². The zero-order chi connectivity index (χ0) is 18.0. The standard InChI is InChI=1S/C10H20F5O4PSi2/c1-21(2,3)18-20(16,19-22(4,5)6)7-17-9(12)8(11)10(13,14)15/h7H2,1-6H3/b9-8+. The molecule has 0 aromatic heterocycles. The summed E-state index contributed by atoms with van der Waals surface area (Å²) in [5.41, 5.74) is 0. The maximum absolute atomic E-state index is 13.0. The van der Waals surface area contributed by atoms with E-state index < -0.39 is 48.6 Å². The Hall–Kier alpha value is -0.226. The van der Waals surface area contributed by atoms with Crippen molar-refractivity contribution in [3.63, 3.8) is 0 Å². The van der Waals surface area contributed by atoms with Gasteiger partial charge in [0.2, 0.25) is 0 Å². The molecular weight excluding hydrogens is 366 g/mol. The molecule has 0 aliphatic heterocycles. The summed E-state index contributed by atoms with van der Waals surface area (Å²) in [6.45, 7) is 9.97. The third-order valence-corrected chi connectivity index (χ3v) is 8.65. The number of allylic oxidation sites excluding steroid dienone is 1. The molecular formula is C10H20F5O4PSi2. The van der Waals surface area contributed by atoms with Gasteiger partial charge >= 0.3 is 19.8 Å². The van der Waals surface area contributed by atoms with Crippen molar-refractivity contribution in [1.82, 2.24) is 0 Å². The van der Waals surface area contributed by atoms with Crippen LogP contribution in [0, 0.1) is 0 Å². The normalized spacial score (nSPS) is 15.6. The molecule has 0 saturated carbocycles. The molecule has 0 rings (SSSR count). The van der Waals surface area contributed by atoms with E-state index in [1.54, 1.807) is 39.3 Å². The summed E-state index contributed by atoms with van der Waals surface area (Å²) in [7, 11) is -8.87. The van der Waals surface area contributed by atoms with Gasteiger partial charge < -0.3 is 13.2 Å². The van der Waals surface area contributed by atoms with Gasteiger partial charge in [-0.05, 0) is 39.3 Å². The molecule has 0 radical (unpaired) electrons. The molecule has 4 nitrogen and oxygen atoms in total. The second-order valence-corrected chi connectivity index (χ2v) is 17.8. The lowest BCUT2D eigenvalue weighted by Gasteiger charge is -2.30. The highest BCUT2D eigenvalue weighted by Crippen LogP contribution is 2.53. The molecule has 0 atom stereocenters. The first-order valence-corrected chi connectivity index (χ1v) is 14.8. The summed E-state index contributed by atoms with van der Waals surface area (Å²) in [6, 6.07) is -2.49. The van der Waals surface area contributed by atoms with Crippen molar-refractivity contribution in [1.29, 1.82) is 0 Å². The van der Waals surface area contributed by atoms with E-state index in [1.165, 1.54) is 0 Å². The van der Waals surface area contributed by atoms with E-state index in [1.807, 2.05) is 0 Å². The van der Waals surface area contributed by atoms with Gasteiger partial charge in [-0.2, -0.15) is 22.0 Å². The van der Waals surface area contributed by atoms with Crippen molar-refractivity contribution in [3.8, 4) is 0 Å². The topological polar surface area (TPSA) is 44.8 Å². The second kappa shape index (κ2) is 7.12. The highest BCUT2D eigenvalue weighted by atomic mass is 31.2. The Morgan fingerprint density at radius 1 is 0.955 bits per heavy atom. The summed E-state index contributed by atoms with van der Waals surface area (Å²) >= 11 is 0. The molecule has 132 valence electrons. The highest BCUT2D eigenvalue weighted by Gasteiger charge is 2.41. The van der Waals surface area contributed by atoms with Gasteiger partial charge in [-0.3, -0.25) is 4.57 Å². The quantitative estimate of drug-likeness (QED) is 0.250. The molecule has 0 unspecified atom stereocenters. The number of halogens is 5. The Bertz CT molecular complexity index is 447. The van der Waals surface area contributed by atoms with Crippen molar-refractivity contribution >= 4 is 24.2 Å². The van der Waals surface area contributed by atoms with Crippen LogP contribution in [0.2, 0.25) is 39.3 Å². The Balaban J connectivity index is 5.22. The molecule has 0 aliphatic rings. The minimum absolute atomic E-state index is 1.13. The van der Waals surface area contributed by atoms with Crippen molar-refractivity contribution in [2.24, 2.45) is 0 Å². The van der Waals surface area contributed by atoms with Crippen LogP contribution in [0.25, 0.3) is 0 Å². The lowest BCUT2D eigenvalue weighted by Crippen LogP contribution is -2.31. The lowest BCUT2D eigenvalue weighted by molar-refractivity contribution is -0.116. The molecule has 0 aromatic carbocycles. The predicted octanol–water partition coefficient (Wildman–Crippen LogP) is 5.53. The fourth-order valence-electron chi connectivity index (χ4n) is 1.22. The first-order chi connectivity index (χ1) is 9.45. The van der Waals surface area contributed by atoms with E-state index in [0.717, 1.165) is 0 Å². The van der Waals surface area contributed by atoms with Crippen LogP contribution in [0.3, 0.4) is 0 Å². The second-order valence-electron chi connectivity index (χ2n) is 6.38. The Labute approximate surface area is 128 Å². The van der Waals surface area contributed by atoms with Crippen LogP contribution in [0.15, 0.2) is 11.8 Å². The third kappa shape index (κ3) is 9.03. The number of hydrogen-bond acceptors (Lipinski definition) is 4. The maximum atomic E-state index is 13.0. The van der Waals surface area contributed by atoms with E-state index in [0.29, 0.717) is 0 Å². The summed E-state index contributed by atoms with van der Waals surface area (Å²) in [5, 5.41) is 0. The number of ether oxygens (including phenoxy) is 1. The molecule has 0 heterocycles. The number of rotatable bonds is 7. The van der Waals surface area contributed by atoms with Crippen molar-refractivity contribution < 1.29 is 39.7 Å². The third-order valence-electron chi connectivity index (χ3n) is 1.60. The van der Waals surface area contributed by atoms with Crippen LogP contribution >= 0.6 is 7.60 Å². The van der Waals surface area contributed by atoms with Crippen LogP contribution in [0.1, 0.15) is 0 Å². The van der Waals surface area contributed by atoms with Crippen molar-refractivity contribution in [3.05, 3.63) is 11.8 Å². The van der Waals surface area contributed by atoms with Gasteiger partial charge in [-0.15, -0.1) is 0 Å². The average molecular weight is 386 g/mol. The van der Waals surface area contributed by atoms with Crippen LogP contribution < -0.4 is 0 Å². The molecule has 0 spiro atoms. The highest BCUT2D eigenvalue weighted by molar-refractivity contribution is 7.56. The van der Waals surface area contributed by atoms with E-state index in [2.05, 4.69) is 4.74 Å². The lowest BCUT2D eigenvalue weighted by atomic mass is 10.5. The van der Waals surface area contributed by atoms with E-state index in [9.17, 15) is 26.5 Å². The minimum atomic E-state index is -5.52. The van der Waals surface area contributed by atoms with Gasteiger partial charge in [0.25, 0.3) is 5.83 Å². The van der Waals surface area contributed by atoms with Gasteiger partial charge in [0.15, 0.2) is 23.0 Å². The predicted molar refractivity (Wildman–Crippen MR) is 77.7 cm³/mol. The molecule has 22 heavy (non-hydrogen) atoms. The summed E-state index contributed by atoms with van der Waals surface area (Å²) < 4.78 is 88.8. The van der Waals surface area contributed by atoms with Crippen LogP contribution in [0.4, 0.5) is 22.0 Å². The van der Waals surface area contributed by atoms with E-state index in [4.69, 9.17) is 8.43 Å². The monoisotopic (exact) mass is 386 g/mol. The maximum Gasteiger partial charge on any atom is 0.449 e.